The molecule has 9 nitrogen and oxygen atoms in total. The molecule has 1 aromatic carbocycles. The van der Waals surface area contributed by atoms with Crippen molar-refractivity contribution in [1.82, 2.24) is 9.29 Å². The molecule has 1 amide bonds. The highest BCUT2D eigenvalue weighted by Crippen LogP contribution is 2.20. The van der Waals surface area contributed by atoms with E-state index in [0.29, 0.717) is 26.2 Å². The molecule has 1 aliphatic rings. The van der Waals surface area contributed by atoms with E-state index in [9.17, 15) is 18.0 Å². The van der Waals surface area contributed by atoms with Gasteiger partial charge in [0.05, 0.1) is 6.61 Å². The van der Waals surface area contributed by atoms with Gasteiger partial charge in [-0.2, -0.15) is 4.31 Å². The van der Waals surface area contributed by atoms with Gasteiger partial charge >= 0.3 is 5.97 Å². The number of thiazole rings is 1. The maximum absolute atomic E-state index is 12.6. The van der Waals surface area contributed by atoms with E-state index in [4.69, 9.17) is 4.74 Å². The molecule has 0 unspecified atom stereocenters. The molecule has 30 heavy (non-hydrogen) atoms. The third kappa shape index (κ3) is 5.55. The van der Waals surface area contributed by atoms with E-state index >= 15 is 0 Å². The number of benzene rings is 1. The summed E-state index contributed by atoms with van der Waals surface area (Å²) in [6.07, 6.45) is 0. The monoisotopic (exact) mass is 452 g/mol. The smallest absolute Gasteiger partial charge is 0.357 e. The fourth-order valence-electron chi connectivity index (χ4n) is 3.09. The number of anilines is 2. The average molecular weight is 453 g/mol. The van der Waals surface area contributed by atoms with Crippen molar-refractivity contribution in [3.63, 3.8) is 0 Å². The summed E-state index contributed by atoms with van der Waals surface area (Å²) in [6, 6.07) is 8.06. The minimum absolute atomic E-state index is 0.0762. The van der Waals surface area contributed by atoms with Crippen LogP contribution in [0.2, 0.25) is 0 Å². The van der Waals surface area contributed by atoms with Gasteiger partial charge in [-0.1, -0.05) is 12.1 Å². The number of nitrogens with zero attached hydrogens (tertiary/aromatic N) is 3. The van der Waals surface area contributed by atoms with Gasteiger partial charge in [-0.15, -0.1) is 11.3 Å². The van der Waals surface area contributed by atoms with Crippen LogP contribution in [0.3, 0.4) is 0 Å². The zero-order valence-electron chi connectivity index (χ0n) is 16.8. The Bertz CT molecular complexity index is 1010. The normalized spacial score (nSPS) is 15.1. The molecule has 3 rings (SSSR count). The number of carbonyl (C=O) groups is 2. The Hall–Kier alpha value is -2.50. The lowest BCUT2D eigenvalue weighted by Gasteiger charge is -2.35. The van der Waals surface area contributed by atoms with E-state index in [1.54, 1.807) is 6.92 Å². The molecule has 1 saturated heterocycles. The summed E-state index contributed by atoms with van der Waals surface area (Å²) >= 11 is 1.03. The van der Waals surface area contributed by atoms with Gasteiger partial charge in [0.1, 0.15) is 5.75 Å². The number of sulfonamides is 1. The Morgan fingerprint density at radius 1 is 1.23 bits per heavy atom. The van der Waals surface area contributed by atoms with E-state index in [-0.39, 0.29) is 17.4 Å². The number of hydrogen-bond donors (Lipinski definition) is 1. The number of hydrogen-bond acceptors (Lipinski definition) is 8. The molecule has 1 N–H and O–H groups in total. The van der Waals surface area contributed by atoms with Crippen molar-refractivity contribution >= 4 is 44.1 Å². The van der Waals surface area contributed by atoms with Crippen LogP contribution in [-0.2, 0) is 19.6 Å². The molecule has 162 valence electrons. The lowest BCUT2D eigenvalue weighted by molar-refractivity contribution is -0.113. The number of carbonyl (C=O) groups excluding carboxylic acids is 2. The van der Waals surface area contributed by atoms with Crippen LogP contribution in [0.1, 0.15) is 23.0 Å². The molecule has 0 spiro atoms. The maximum atomic E-state index is 12.6. The predicted molar refractivity (Wildman–Crippen MR) is 115 cm³/mol. The number of amides is 1. The quantitative estimate of drug-likeness (QED) is 0.637. The van der Waals surface area contributed by atoms with E-state index in [1.807, 2.05) is 25.1 Å². The second kappa shape index (κ2) is 9.54. The highest BCUT2D eigenvalue weighted by atomic mass is 32.2. The number of ether oxygens (including phenoxy) is 1. The molecule has 1 fully saturated rings. The SMILES string of the molecule is CCOC(=O)c1csc(NC(=O)CS(=O)(=O)N2CCN(c3cccc(C)c3)CC2)n1. The molecule has 0 saturated carbocycles. The van der Waals surface area contributed by atoms with Gasteiger partial charge in [-0.05, 0) is 31.5 Å². The van der Waals surface area contributed by atoms with Crippen molar-refractivity contribution in [2.75, 3.05) is 48.8 Å². The van der Waals surface area contributed by atoms with E-state index < -0.39 is 27.7 Å². The average Bonchev–Trinajstić information content (AvgIpc) is 3.16. The number of rotatable bonds is 7. The topological polar surface area (TPSA) is 109 Å². The van der Waals surface area contributed by atoms with E-state index in [2.05, 4.69) is 21.3 Å². The summed E-state index contributed by atoms with van der Waals surface area (Å²) in [5.41, 5.74) is 2.28. The van der Waals surface area contributed by atoms with Crippen LogP contribution in [0.25, 0.3) is 0 Å². The Morgan fingerprint density at radius 3 is 2.63 bits per heavy atom. The first kappa shape index (κ1) is 22.2. The number of piperazine rings is 1. The lowest BCUT2D eigenvalue weighted by Crippen LogP contribution is -2.50. The van der Waals surface area contributed by atoms with Crippen LogP contribution < -0.4 is 10.2 Å². The van der Waals surface area contributed by atoms with Crippen molar-refractivity contribution < 1.29 is 22.7 Å². The van der Waals surface area contributed by atoms with Crippen molar-refractivity contribution in [3.8, 4) is 0 Å². The molecule has 11 heteroatoms. The fourth-order valence-corrected chi connectivity index (χ4v) is 5.09. The summed E-state index contributed by atoms with van der Waals surface area (Å²) in [4.78, 5) is 29.9. The molecule has 2 heterocycles. The predicted octanol–water partition coefficient (Wildman–Crippen LogP) is 1.72. The van der Waals surface area contributed by atoms with Crippen molar-refractivity contribution in [2.45, 2.75) is 13.8 Å². The summed E-state index contributed by atoms with van der Waals surface area (Å²) in [7, 11) is -3.75. The van der Waals surface area contributed by atoms with Gasteiger partial charge in [-0.3, -0.25) is 4.79 Å². The number of aromatic nitrogens is 1. The molecule has 0 radical (unpaired) electrons. The number of aryl methyl sites for hydroxylation is 1. The van der Waals surface area contributed by atoms with Gasteiger partial charge < -0.3 is 15.0 Å². The molecule has 0 bridgehead atoms. The van der Waals surface area contributed by atoms with Crippen LogP contribution in [0, 0.1) is 6.92 Å². The Balaban J connectivity index is 1.54. The summed E-state index contributed by atoms with van der Waals surface area (Å²) in [5.74, 6) is -1.96. The van der Waals surface area contributed by atoms with Crippen LogP contribution in [0.15, 0.2) is 29.6 Å². The standard InChI is InChI=1S/C19H24N4O5S2/c1-3-28-18(25)16-12-29-19(20-16)21-17(24)13-30(26,27)23-9-7-22(8-10-23)15-6-4-5-14(2)11-15/h4-6,11-12H,3,7-10,13H2,1-2H3,(H,20,21,24). The molecule has 0 atom stereocenters. The zero-order valence-corrected chi connectivity index (χ0v) is 18.5. The van der Waals surface area contributed by atoms with Crippen molar-refractivity contribution in [1.29, 1.82) is 0 Å². The van der Waals surface area contributed by atoms with Gasteiger partial charge in [0, 0.05) is 37.2 Å². The molecular formula is C19H24N4O5S2. The second-order valence-corrected chi connectivity index (χ2v) is 9.61. The Kier molecular flexibility index (Phi) is 7.06. The summed E-state index contributed by atoms with van der Waals surface area (Å²) in [6.45, 7) is 5.65. The van der Waals surface area contributed by atoms with Gasteiger partial charge in [0.2, 0.25) is 15.9 Å². The molecule has 0 aliphatic carbocycles. The minimum Gasteiger partial charge on any atom is -0.461 e. The number of esters is 1. The van der Waals surface area contributed by atoms with Crippen LogP contribution >= 0.6 is 11.3 Å². The Morgan fingerprint density at radius 2 is 1.97 bits per heavy atom. The summed E-state index contributed by atoms with van der Waals surface area (Å²) < 4.78 is 31.5. The first-order valence-electron chi connectivity index (χ1n) is 9.50. The van der Waals surface area contributed by atoms with E-state index in [1.165, 1.54) is 9.69 Å². The molecule has 1 aliphatic heterocycles. The van der Waals surface area contributed by atoms with Crippen molar-refractivity contribution in [2.24, 2.45) is 0 Å². The van der Waals surface area contributed by atoms with Crippen LogP contribution in [0.5, 0.6) is 0 Å². The van der Waals surface area contributed by atoms with Crippen LogP contribution in [0.4, 0.5) is 10.8 Å². The lowest BCUT2D eigenvalue weighted by atomic mass is 10.2. The highest BCUT2D eigenvalue weighted by molar-refractivity contribution is 7.89. The second-order valence-electron chi connectivity index (χ2n) is 6.79. The minimum atomic E-state index is -3.75. The first-order valence-corrected chi connectivity index (χ1v) is 12.0. The number of nitrogens with one attached hydrogen (secondary N) is 1. The van der Waals surface area contributed by atoms with E-state index in [0.717, 1.165) is 22.6 Å². The zero-order chi connectivity index (χ0) is 21.7. The Labute approximate surface area is 179 Å². The highest BCUT2D eigenvalue weighted by Gasteiger charge is 2.29. The maximum Gasteiger partial charge on any atom is 0.357 e. The van der Waals surface area contributed by atoms with Gasteiger partial charge in [-0.25, -0.2) is 18.2 Å². The molecule has 2 aromatic rings. The van der Waals surface area contributed by atoms with Crippen LogP contribution in [-0.4, -0.2) is 68.1 Å². The molecular weight excluding hydrogens is 428 g/mol. The van der Waals surface area contributed by atoms with Crippen molar-refractivity contribution in [3.05, 3.63) is 40.9 Å². The third-order valence-corrected chi connectivity index (χ3v) is 7.08. The van der Waals surface area contributed by atoms with Gasteiger partial charge in [0.25, 0.3) is 0 Å². The summed E-state index contributed by atoms with van der Waals surface area (Å²) in [5, 5.41) is 4.05. The first-order chi connectivity index (χ1) is 14.3. The van der Waals surface area contributed by atoms with Gasteiger partial charge in [0.15, 0.2) is 10.8 Å². The molecule has 1 aromatic heterocycles. The fraction of sp³-hybridized carbons (Fsp3) is 0.421. The largest absolute Gasteiger partial charge is 0.461 e. The third-order valence-electron chi connectivity index (χ3n) is 4.55.